The molecule has 2 amide bonds. The highest BCUT2D eigenvalue weighted by atomic mass is 16.6. The molecule has 0 unspecified atom stereocenters. The van der Waals surface area contributed by atoms with E-state index in [1.165, 1.54) is 4.90 Å². The molecule has 0 saturated carbocycles. The van der Waals surface area contributed by atoms with Crippen LogP contribution in [-0.2, 0) is 27.3 Å². The Morgan fingerprint density at radius 1 is 1.21 bits per heavy atom. The lowest BCUT2D eigenvalue weighted by atomic mass is 9.93. The predicted molar refractivity (Wildman–Crippen MR) is 105 cm³/mol. The predicted octanol–water partition coefficient (Wildman–Crippen LogP) is 2.96. The summed E-state index contributed by atoms with van der Waals surface area (Å²) >= 11 is 0. The topological polar surface area (TPSA) is 95.9 Å². The average Bonchev–Trinajstić information content (AvgIpc) is 2.57. The Labute approximate surface area is 166 Å². The Kier molecular flexibility index (Phi) is 6.69. The van der Waals surface area contributed by atoms with E-state index in [1.54, 1.807) is 20.8 Å². The monoisotopic (exact) mass is 390 g/mol. The van der Waals surface area contributed by atoms with Gasteiger partial charge in [0.25, 0.3) is 0 Å². The maximum atomic E-state index is 13.0. The molecule has 7 heteroatoms. The second kappa shape index (κ2) is 8.63. The molecule has 1 aliphatic heterocycles. The number of amides is 2. The van der Waals surface area contributed by atoms with E-state index in [-0.39, 0.29) is 12.5 Å². The van der Waals surface area contributed by atoms with Gasteiger partial charge in [-0.3, -0.25) is 9.69 Å². The number of hydrogen-bond acceptors (Lipinski definition) is 4. The van der Waals surface area contributed by atoms with Gasteiger partial charge in [0, 0.05) is 6.42 Å². The van der Waals surface area contributed by atoms with E-state index < -0.39 is 35.7 Å². The minimum Gasteiger partial charge on any atom is -0.480 e. The Morgan fingerprint density at radius 3 is 2.36 bits per heavy atom. The highest BCUT2D eigenvalue weighted by Crippen LogP contribution is 2.25. The number of carbonyl (C=O) groups excluding carboxylic acids is 2. The first-order chi connectivity index (χ1) is 13.0. The minimum absolute atomic E-state index is 0.107. The molecule has 1 aliphatic rings. The van der Waals surface area contributed by atoms with Crippen LogP contribution >= 0.6 is 0 Å². The normalized spacial score (nSPS) is 17.6. The quantitative estimate of drug-likeness (QED) is 0.806. The lowest BCUT2D eigenvalue weighted by Gasteiger charge is -2.37. The van der Waals surface area contributed by atoms with Gasteiger partial charge in [0.2, 0.25) is 5.91 Å². The third-order valence-corrected chi connectivity index (χ3v) is 4.50. The van der Waals surface area contributed by atoms with Crippen LogP contribution in [0, 0.1) is 5.92 Å². The van der Waals surface area contributed by atoms with E-state index in [9.17, 15) is 19.5 Å². The summed E-state index contributed by atoms with van der Waals surface area (Å²) in [5, 5.41) is 12.0. The highest BCUT2D eigenvalue weighted by molar-refractivity contribution is 5.90. The molecule has 2 atom stereocenters. The summed E-state index contributed by atoms with van der Waals surface area (Å²) in [6, 6.07) is 5.79. The van der Waals surface area contributed by atoms with E-state index in [0.717, 1.165) is 11.1 Å². The molecule has 0 saturated heterocycles. The van der Waals surface area contributed by atoms with Crippen LogP contribution in [0.5, 0.6) is 0 Å². The van der Waals surface area contributed by atoms with Gasteiger partial charge in [0.1, 0.15) is 17.7 Å². The van der Waals surface area contributed by atoms with Crippen molar-refractivity contribution in [3.63, 3.8) is 0 Å². The first kappa shape index (κ1) is 21.7. The van der Waals surface area contributed by atoms with Crippen LogP contribution in [0.3, 0.4) is 0 Å². The van der Waals surface area contributed by atoms with Crippen molar-refractivity contribution in [1.29, 1.82) is 0 Å². The van der Waals surface area contributed by atoms with Gasteiger partial charge in [0.05, 0.1) is 6.54 Å². The summed E-state index contributed by atoms with van der Waals surface area (Å²) in [4.78, 5) is 38.6. The molecule has 7 nitrogen and oxygen atoms in total. The molecule has 0 aromatic heterocycles. The molecule has 1 aromatic carbocycles. The van der Waals surface area contributed by atoms with Gasteiger partial charge in [-0.1, -0.05) is 38.1 Å². The van der Waals surface area contributed by atoms with E-state index in [0.29, 0.717) is 12.8 Å². The van der Waals surface area contributed by atoms with Crippen molar-refractivity contribution in [3.8, 4) is 0 Å². The maximum Gasteiger partial charge on any atom is 0.411 e. The number of hydrogen-bond donors (Lipinski definition) is 2. The number of benzene rings is 1. The Bertz CT molecular complexity index is 739. The maximum absolute atomic E-state index is 13.0. The lowest BCUT2D eigenvalue weighted by Crippen LogP contribution is -2.56. The number of nitrogens with one attached hydrogen (secondary N) is 1. The lowest BCUT2D eigenvalue weighted by molar-refractivity contribution is -0.143. The number of ether oxygens (including phenoxy) is 1. The van der Waals surface area contributed by atoms with Crippen molar-refractivity contribution in [3.05, 3.63) is 35.4 Å². The molecule has 154 valence electrons. The molecule has 2 N–H and O–H groups in total. The van der Waals surface area contributed by atoms with E-state index >= 15 is 0 Å². The van der Waals surface area contributed by atoms with Crippen molar-refractivity contribution < 1.29 is 24.2 Å². The van der Waals surface area contributed by atoms with Crippen LogP contribution in [0.4, 0.5) is 4.79 Å². The second-order valence-electron chi connectivity index (χ2n) is 8.63. The number of aliphatic carboxylic acids is 1. The van der Waals surface area contributed by atoms with Crippen molar-refractivity contribution in [2.45, 2.75) is 71.7 Å². The van der Waals surface area contributed by atoms with Crippen molar-refractivity contribution in [2.24, 2.45) is 5.92 Å². The third-order valence-electron chi connectivity index (χ3n) is 4.50. The van der Waals surface area contributed by atoms with Gasteiger partial charge < -0.3 is 15.2 Å². The minimum atomic E-state index is -1.08. The zero-order chi connectivity index (χ0) is 21.1. The largest absolute Gasteiger partial charge is 0.480 e. The first-order valence-corrected chi connectivity index (χ1v) is 9.57. The molecule has 1 heterocycles. The smallest absolute Gasteiger partial charge is 0.411 e. The number of fused-ring (bicyclic) bond motifs is 1. The van der Waals surface area contributed by atoms with Crippen molar-refractivity contribution in [1.82, 2.24) is 10.2 Å². The molecule has 2 rings (SSSR count). The fourth-order valence-corrected chi connectivity index (χ4v) is 3.23. The molecule has 28 heavy (non-hydrogen) atoms. The average molecular weight is 390 g/mol. The van der Waals surface area contributed by atoms with Gasteiger partial charge in [-0.05, 0) is 44.2 Å². The first-order valence-electron chi connectivity index (χ1n) is 9.57. The van der Waals surface area contributed by atoms with Gasteiger partial charge >= 0.3 is 12.1 Å². The summed E-state index contributed by atoms with van der Waals surface area (Å²) in [7, 11) is 0. The number of nitrogens with zero attached hydrogens (tertiary/aromatic N) is 1. The summed E-state index contributed by atoms with van der Waals surface area (Å²) in [6.07, 6.45) is 0.0457. The number of carboxylic acid groups (broad SMARTS) is 1. The molecule has 0 aliphatic carbocycles. The fraction of sp³-hybridized carbons (Fsp3) is 0.571. The van der Waals surface area contributed by atoms with Crippen molar-refractivity contribution >= 4 is 18.0 Å². The third kappa shape index (κ3) is 5.71. The molecule has 0 radical (unpaired) electrons. The molecular formula is C21H30N2O5. The van der Waals surface area contributed by atoms with E-state index in [4.69, 9.17) is 4.74 Å². The highest BCUT2D eigenvalue weighted by Gasteiger charge is 2.38. The zero-order valence-corrected chi connectivity index (χ0v) is 17.2. The SMILES string of the molecule is CC(C)C[C@@H](NC(=O)[C@@H]1Cc2ccccc2CN1C(=O)OC(C)(C)C)C(=O)O. The van der Waals surface area contributed by atoms with Crippen LogP contribution in [0.1, 0.15) is 52.2 Å². The number of rotatable bonds is 5. The van der Waals surface area contributed by atoms with Crippen molar-refractivity contribution in [2.75, 3.05) is 0 Å². The van der Waals surface area contributed by atoms with Crippen LogP contribution in [0.15, 0.2) is 24.3 Å². The van der Waals surface area contributed by atoms with Gasteiger partial charge in [-0.2, -0.15) is 0 Å². The number of carboxylic acids is 1. The van der Waals surface area contributed by atoms with Crippen LogP contribution in [-0.4, -0.2) is 45.7 Å². The summed E-state index contributed by atoms with van der Waals surface area (Å²) in [5.41, 5.74) is 1.23. The summed E-state index contributed by atoms with van der Waals surface area (Å²) in [5.74, 6) is -1.45. The molecule has 0 fully saturated rings. The van der Waals surface area contributed by atoms with Crippen LogP contribution < -0.4 is 5.32 Å². The van der Waals surface area contributed by atoms with E-state index in [2.05, 4.69) is 5.32 Å². The van der Waals surface area contributed by atoms with Gasteiger partial charge in [-0.15, -0.1) is 0 Å². The van der Waals surface area contributed by atoms with E-state index in [1.807, 2.05) is 38.1 Å². The Morgan fingerprint density at radius 2 is 1.82 bits per heavy atom. The van der Waals surface area contributed by atoms with Gasteiger partial charge in [0.15, 0.2) is 0 Å². The Balaban J connectivity index is 2.27. The fourth-order valence-electron chi connectivity index (χ4n) is 3.23. The zero-order valence-electron chi connectivity index (χ0n) is 17.2. The summed E-state index contributed by atoms with van der Waals surface area (Å²) in [6.45, 7) is 9.33. The standard InChI is InChI=1S/C21H30N2O5/c1-13(2)10-16(19(25)26)22-18(24)17-11-14-8-6-7-9-15(14)12-23(17)20(27)28-21(3,4)5/h6-9,13,16-17H,10-12H2,1-5H3,(H,22,24)(H,25,26)/t16-,17+/m1/s1. The molecule has 0 spiro atoms. The van der Waals surface area contributed by atoms with Gasteiger partial charge in [-0.25, -0.2) is 9.59 Å². The Hall–Kier alpha value is -2.57. The molecular weight excluding hydrogens is 360 g/mol. The molecule has 1 aromatic rings. The summed E-state index contributed by atoms with van der Waals surface area (Å²) < 4.78 is 5.48. The molecule has 0 bridgehead atoms. The van der Waals surface area contributed by atoms with Crippen LogP contribution in [0.2, 0.25) is 0 Å². The van der Waals surface area contributed by atoms with Crippen LogP contribution in [0.25, 0.3) is 0 Å². The second-order valence-corrected chi connectivity index (χ2v) is 8.63. The number of carbonyl (C=O) groups is 3.